The highest BCUT2D eigenvalue weighted by atomic mass is 35.5. The van der Waals surface area contributed by atoms with Crippen LogP contribution in [0.3, 0.4) is 0 Å². The molecule has 1 rings (SSSR count). The summed E-state index contributed by atoms with van der Waals surface area (Å²) in [5.74, 6) is 0.0263. The molecular formula is C8H6ClF6NOS. The molecule has 0 atom stereocenters. The molecule has 1 aromatic rings. The second-order valence-corrected chi connectivity index (χ2v) is 4.35. The van der Waals surface area contributed by atoms with Gasteiger partial charge in [-0.15, -0.1) is 22.9 Å². The molecule has 0 bridgehead atoms. The van der Waals surface area contributed by atoms with Gasteiger partial charge in [0.25, 0.3) is 0 Å². The second kappa shape index (κ2) is 5.62. The molecule has 18 heavy (non-hydrogen) atoms. The summed E-state index contributed by atoms with van der Waals surface area (Å²) >= 11 is 6.27. The number of hydrogen-bond donors (Lipinski definition) is 0. The van der Waals surface area contributed by atoms with E-state index in [2.05, 4.69) is 9.72 Å². The van der Waals surface area contributed by atoms with Crippen LogP contribution in [0.4, 0.5) is 26.3 Å². The molecule has 0 aliphatic carbocycles. The third kappa shape index (κ3) is 4.29. The van der Waals surface area contributed by atoms with E-state index >= 15 is 0 Å². The molecule has 0 saturated carbocycles. The molecule has 0 saturated heterocycles. The first kappa shape index (κ1) is 15.5. The summed E-state index contributed by atoms with van der Waals surface area (Å²) in [6, 6.07) is 0. The molecule has 0 aliphatic rings. The zero-order chi connectivity index (χ0) is 14.0. The lowest BCUT2D eigenvalue weighted by molar-refractivity contribution is -0.324. The lowest BCUT2D eigenvalue weighted by atomic mass is 10.3. The van der Waals surface area contributed by atoms with Crippen molar-refractivity contribution in [2.75, 3.05) is 0 Å². The van der Waals surface area contributed by atoms with Crippen molar-refractivity contribution in [3.8, 4) is 0 Å². The third-order valence-corrected chi connectivity index (χ3v) is 2.85. The number of aromatic nitrogens is 1. The Morgan fingerprint density at radius 1 is 1.22 bits per heavy atom. The smallest absolute Gasteiger partial charge is 0.354 e. The molecule has 2 nitrogen and oxygen atoms in total. The van der Waals surface area contributed by atoms with Crippen LogP contribution in [0.1, 0.15) is 10.7 Å². The second-order valence-electron chi connectivity index (χ2n) is 3.14. The highest BCUT2D eigenvalue weighted by molar-refractivity contribution is 7.09. The Kier molecular flexibility index (Phi) is 4.84. The van der Waals surface area contributed by atoms with Gasteiger partial charge in [0.1, 0.15) is 5.01 Å². The maximum atomic E-state index is 12.1. The Bertz CT molecular complexity index is 376. The fourth-order valence-corrected chi connectivity index (χ4v) is 1.95. The van der Waals surface area contributed by atoms with Crippen LogP contribution < -0.4 is 0 Å². The molecule has 0 aliphatic heterocycles. The molecule has 104 valence electrons. The van der Waals surface area contributed by atoms with E-state index in [1.54, 1.807) is 0 Å². The third-order valence-electron chi connectivity index (χ3n) is 1.70. The summed E-state index contributed by atoms with van der Waals surface area (Å²) < 4.78 is 76.5. The van der Waals surface area contributed by atoms with Crippen molar-refractivity contribution in [2.24, 2.45) is 0 Å². The molecule has 1 aromatic heterocycles. The Morgan fingerprint density at radius 2 is 1.78 bits per heavy atom. The first-order valence-electron chi connectivity index (χ1n) is 4.39. The first-order valence-corrected chi connectivity index (χ1v) is 5.80. The van der Waals surface area contributed by atoms with Gasteiger partial charge < -0.3 is 4.74 Å². The highest BCUT2D eigenvalue weighted by Gasteiger charge is 2.58. The minimum Gasteiger partial charge on any atom is -0.354 e. The Labute approximate surface area is 107 Å². The van der Waals surface area contributed by atoms with Crippen LogP contribution in [0.5, 0.6) is 0 Å². The van der Waals surface area contributed by atoms with Crippen LogP contribution in [0.15, 0.2) is 5.38 Å². The predicted octanol–water partition coefficient (Wildman–Crippen LogP) is 3.89. The van der Waals surface area contributed by atoms with Gasteiger partial charge in [0, 0.05) is 5.38 Å². The van der Waals surface area contributed by atoms with E-state index in [-0.39, 0.29) is 10.9 Å². The van der Waals surface area contributed by atoms with Gasteiger partial charge >= 0.3 is 12.4 Å². The maximum Gasteiger partial charge on any atom is 0.423 e. The van der Waals surface area contributed by atoms with Gasteiger partial charge in [0.15, 0.2) is 0 Å². The number of alkyl halides is 7. The van der Waals surface area contributed by atoms with E-state index in [1.165, 1.54) is 5.38 Å². The van der Waals surface area contributed by atoms with Crippen LogP contribution in [0.25, 0.3) is 0 Å². The molecular weight excluding hydrogens is 308 g/mol. The largest absolute Gasteiger partial charge is 0.423 e. The molecule has 0 amide bonds. The number of halogens is 7. The lowest BCUT2D eigenvalue weighted by Gasteiger charge is -2.22. The molecule has 0 radical (unpaired) electrons. The van der Waals surface area contributed by atoms with Crippen molar-refractivity contribution in [1.82, 2.24) is 4.98 Å². The average molecular weight is 314 g/mol. The van der Waals surface area contributed by atoms with Crippen molar-refractivity contribution in [2.45, 2.75) is 30.9 Å². The molecule has 0 fully saturated rings. The zero-order valence-corrected chi connectivity index (χ0v) is 10.1. The summed E-state index contributed by atoms with van der Waals surface area (Å²) in [5.41, 5.74) is 0.371. The summed E-state index contributed by atoms with van der Waals surface area (Å²) in [4.78, 5) is 3.69. The quantitative estimate of drug-likeness (QED) is 0.621. The number of hydrogen-bond acceptors (Lipinski definition) is 3. The van der Waals surface area contributed by atoms with E-state index < -0.39 is 25.1 Å². The number of ether oxygens (including phenoxy) is 1. The van der Waals surface area contributed by atoms with E-state index in [4.69, 9.17) is 11.6 Å². The number of nitrogens with zero attached hydrogens (tertiary/aromatic N) is 1. The van der Waals surface area contributed by atoms with Gasteiger partial charge in [0.05, 0.1) is 18.2 Å². The zero-order valence-electron chi connectivity index (χ0n) is 8.48. The van der Waals surface area contributed by atoms with Crippen LogP contribution in [-0.4, -0.2) is 23.4 Å². The van der Waals surface area contributed by atoms with Crippen molar-refractivity contribution in [3.05, 3.63) is 16.1 Å². The molecule has 10 heteroatoms. The van der Waals surface area contributed by atoms with Gasteiger partial charge in [-0.25, -0.2) is 4.98 Å². The summed E-state index contributed by atoms with van der Waals surface area (Å²) in [5, 5.41) is 1.44. The fraction of sp³-hybridized carbons (Fsp3) is 0.625. The SMILES string of the molecule is FC(F)(F)C(OCc1nc(CCl)cs1)C(F)(F)F. The van der Waals surface area contributed by atoms with Crippen molar-refractivity contribution in [3.63, 3.8) is 0 Å². The van der Waals surface area contributed by atoms with Crippen LogP contribution >= 0.6 is 22.9 Å². The predicted molar refractivity (Wildman–Crippen MR) is 52.4 cm³/mol. The van der Waals surface area contributed by atoms with Crippen molar-refractivity contribution >= 4 is 22.9 Å². The topological polar surface area (TPSA) is 22.1 Å². The Hall–Kier alpha value is -0.540. The summed E-state index contributed by atoms with van der Waals surface area (Å²) in [6.45, 7) is -0.870. The minimum atomic E-state index is -5.51. The normalized spacial score (nSPS) is 13.3. The standard InChI is InChI=1S/C8H6ClF6NOS/c9-1-4-3-18-5(16-4)2-17-6(7(10,11)12)8(13,14)15/h3,6H,1-2H2. The Morgan fingerprint density at radius 3 is 2.17 bits per heavy atom. The first-order chi connectivity index (χ1) is 8.14. The monoisotopic (exact) mass is 313 g/mol. The van der Waals surface area contributed by atoms with Gasteiger partial charge in [-0.3, -0.25) is 0 Å². The van der Waals surface area contributed by atoms with E-state index in [1.807, 2.05) is 0 Å². The molecule has 0 N–H and O–H groups in total. The van der Waals surface area contributed by atoms with Gasteiger partial charge in [-0.05, 0) is 0 Å². The molecule has 0 spiro atoms. The van der Waals surface area contributed by atoms with Crippen LogP contribution in [0, 0.1) is 0 Å². The fourth-order valence-electron chi connectivity index (χ4n) is 1.01. The Balaban J connectivity index is 2.68. The molecule has 0 unspecified atom stereocenters. The van der Waals surface area contributed by atoms with Crippen molar-refractivity contribution in [1.29, 1.82) is 0 Å². The van der Waals surface area contributed by atoms with Gasteiger partial charge in [0.2, 0.25) is 6.10 Å². The van der Waals surface area contributed by atoms with Crippen molar-refractivity contribution < 1.29 is 31.1 Å². The number of rotatable bonds is 4. The average Bonchev–Trinajstić information content (AvgIpc) is 2.61. The summed E-state index contributed by atoms with van der Waals surface area (Å²) in [7, 11) is 0. The minimum absolute atomic E-state index is 0.00384. The molecule has 0 aromatic carbocycles. The van der Waals surface area contributed by atoms with Gasteiger partial charge in [-0.1, -0.05) is 0 Å². The highest BCUT2D eigenvalue weighted by Crippen LogP contribution is 2.36. The van der Waals surface area contributed by atoms with E-state index in [9.17, 15) is 26.3 Å². The molecule has 1 heterocycles. The van der Waals surface area contributed by atoms with E-state index in [0.29, 0.717) is 5.69 Å². The van der Waals surface area contributed by atoms with Gasteiger partial charge in [-0.2, -0.15) is 26.3 Å². The van der Waals surface area contributed by atoms with Crippen LogP contribution in [0.2, 0.25) is 0 Å². The van der Waals surface area contributed by atoms with E-state index in [0.717, 1.165) is 11.3 Å². The van der Waals surface area contributed by atoms with Crippen LogP contribution in [-0.2, 0) is 17.2 Å². The number of thiazole rings is 1. The maximum absolute atomic E-state index is 12.1. The summed E-state index contributed by atoms with van der Waals surface area (Å²) in [6.07, 6.45) is -14.8. The lowest BCUT2D eigenvalue weighted by Crippen LogP contribution is -2.44.